The molecule has 1 atom stereocenters. The third kappa shape index (κ3) is 5.12. The number of rotatable bonds is 7. The largest absolute Gasteiger partial charge is 0.465 e. The molecule has 0 bridgehead atoms. The monoisotopic (exact) mass is 449 g/mol. The van der Waals surface area contributed by atoms with Gasteiger partial charge in [-0.15, -0.1) is 0 Å². The number of esters is 1. The first-order chi connectivity index (χ1) is 16.5. The minimum Gasteiger partial charge on any atom is -0.465 e. The average molecular weight is 450 g/mol. The molecule has 0 aliphatic carbocycles. The highest BCUT2D eigenvalue weighted by Gasteiger charge is 2.21. The van der Waals surface area contributed by atoms with Gasteiger partial charge < -0.3 is 4.74 Å². The van der Waals surface area contributed by atoms with Crippen molar-refractivity contribution in [1.82, 2.24) is 4.98 Å². The molecule has 0 amide bonds. The lowest BCUT2D eigenvalue weighted by atomic mass is 9.83. The van der Waals surface area contributed by atoms with Crippen LogP contribution in [0.3, 0.4) is 0 Å². The number of ether oxygens (including phenoxy) is 1. The van der Waals surface area contributed by atoms with E-state index in [9.17, 15) is 9.59 Å². The van der Waals surface area contributed by atoms with Crippen LogP contribution >= 0.6 is 0 Å². The maximum absolute atomic E-state index is 13.2. The zero-order valence-corrected chi connectivity index (χ0v) is 19.6. The Hall–Kier alpha value is -4.05. The molecule has 0 saturated heterocycles. The Kier molecular flexibility index (Phi) is 6.98. The normalized spacial score (nSPS) is 11.6. The van der Waals surface area contributed by atoms with E-state index in [-0.39, 0.29) is 17.7 Å². The van der Waals surface area contributed by atoms with Gasteiger partial charge in [0.05, 0.1) is 12.7 Å². The maximum atomic E-state index is 13.2. The van der Waals surface area contributed by atoms with E-state index in [1.165, 1.54) is 7.11 Å². The van der Waals surface area contributed by atoms with Crippen molar-refractivity contribution in [3.63, 3.8) is 0 Å². The second kappa shape index (κ2) is 10.3. The molecule has 4 rings (SSSR count). The molecule has 0 saturated carbocycles. The van der Waals surface area contributed by atoms with Gasteiger partial charge in [0.2, 0.25) is 0 Å². The second-order valence-corrected chi connectivity index (χ2v) is 8.41. The Morgan fingerprint density at radius 3 is 2.09 bits per heavy atom. The minimum atomic E-state index is -0.350. The number of aryl methyl sites for hydroxylation is 2. The summed E-state index contributed by atoms with van der Waals surface area (Å²) in [4.78, 5) is 29.1. The number of aromatic nitrogens is 1. The molecular formula is C30H27NO3. The molecule has 3 aromatic carbocycles. The lowest BCUT2D eigenvalue weighted by Crippen LogP contribution is -2.11. The summed E-state index contributed by atoms with van der Waals surface area (Å²) in [5.41, 5.74) is 7.49. The first kappa shape index (κ1) is 23.1. The second-order valence-electron chi connectivity index (χ2n) is 8.41. The summed E-state index contributed by atoms with van der Waals surface area (Å²) in [7, 11) is 1.38. The molecule has 170 valence electrons. The van der Waals surface area contributed by atoms with Gasteiger partial charge in [0.25, 0.3) is 0 Å². The Labute approximate surface area is 200 Å². The van der Waals surface area contributed by atoms with Crippen LogP contribution in [0.25, 0.3) is 11.1 Å². The molecule has 0 fully saturated rings. The highest BCUT2D eigenvalue weighted by atomic mass is 16.5. The van der Waals surface area contributed by atoms with Gasteiger partial charge in [-0.25, -0.2) is 4.79 Å². The number of hydrogen-bond acceptors (Lipinski definition) is 4. The van der Waals surface area contributed by atoms with E-state index in [2.05, 4.69) is 48.3 Å². The summed E-state index contributed by atoms with van der Waals surface area (Å²) in [6.45, 7) is 3.98. The van der Waals surface area contributed by atoms with E-state index in [1.807, 2.05) is 37.3 Å². The number of methoxy groups -OCH3 is 1. The van der Waals surface area contributed by atoms with Crippen molar-refractivity contribution in [3.8, 4) is 11.1 Å². The van der Waals surface area contributed by atoms with E-state index in [0.29, 0.717) is 17.5 Å². The molecular weight excluding hydrogens is 422 g/mol. The Morgan fingerprint density at radius 2 is 1.47 bits per heavy atom. The molecule has 4 aromatic rings. The first-order valence-electron chi connectivity index (χ1n) is 11.3. The molecule has 0 aliphatic rings. The topological polar surface area (TPSA) is 56.3 Å². The minimum absolute atomic E-state index is 0.0575. The lowest BCUT2D eigenvalue weighted by molar-refractivity contribution is 0.0600. The Morgan fingerprint density at radius 1 is 0.824 bits per heavy atom. The summed E-state index contributed by atoms with van der Waals surface area (Å²) < 4.78 is 4.78. The SMILES string of the molecule is COC(=O)c1ccc(-c2ccc(C(CC(=O)c3ccnc(C)c3)c3ccccc3C)cc2)cc1. The number of nitrogens with zero attached hydrogens (tertiary/aromatic N) is 1. The molecule has 1 heterocycles. The van der Waals surface area contributed by atoms with E-state index in [0.717, 1.165) is 33.5 Å². The zero-order chi connectivity index (χ0) is 24.1. The predicted octanol–water partition coefficient (Wildman–Crippen LogP) is 6.56. The highest BCUT2D eigenvalue weighted by Crippen LogP contribution is 2.33. The molecule has 0 aliphatic heterocycles. The van der Waals surface area contributed by atoms with Crippen molar-refractivity contribution >= 4 is 11.8 Å². The fraction of sp³-hybridized carbons (Fsp3) is 0.167. The van der Waals surface area contributed by atoms with Crippen molar-refractivity contribution in [2.75, 3.05) is 7.11 Å². The highest BCUT2D eigenvalue weighted by molar-refractivity contribution is 5.97. The van der Waals surface area contributed by atoms with E-state index in [1.54, 1.807) is 24.4 Å². The first-order valence-corrected chi connectivity index (χ1v) is 11.3. The van der Waals surface area contributed by atoms with Gasteiger partial charge >= 0.3 is 5.97 Å². The Balaban J connectivity index is 1.64. The van der Waals surface area contributed by atoms with Crippen molar-refractivity contribution in [3.05, 3.63) is 125 Å². The van der Waals surface area contributed by atoms with Crippen LogP contribution in [0.5, 0.6) is 0 Å². The van der Waals surface area contributed by atoms with Gasteiger partial charge in [-0.3, -0.25) is 9.78 Å². The van der Waals surface area contributed by atoms with Gasteiger partial charge in [-0.05, 0) is 65.9 Å². The Bertz CT molecular complexity index is 1310. The maximum Gasteiger partial charge on any atom is 0.337 e. The molecule has 0 radical (unpaired) electrons. The summed E-state index contributed by atoms with van der Waals surface area (Å²) in [5.74, 6) is -0.309. The van der Waals surface area contributed by atoms with Gasteiger partial charge in [0.1, 0.15) is 0 Å². The standard InChI is InChI=1S/C30H27NO3/c1-20-6-4-5-7-27(20)28(19-29(32)26-16-17-31-21(2)18-26)24-12-8-22(9-13-24)23-10-14-25(15-11-23)30(33)34-3/h4-18,28H,19H2,1-3H3. The number of Topliss-reactive ketones (excluding diaryl/α,β-unsaturated/α-hetero) is 1. The molecule has 4 nitrogen and oxygen atoms in total. The van der Waals surface area contributed by atoms with Crippen molar-refractivity contribution in [2.24, 2.45) is 0 Å². The molecule has 1 unspecified atom stereocenters. The van der Waals surface area contributed by atoms with Crippen LogP contribution in [0.1, 0.15) is 55.4 Å². The molecule has 1 aromatic heterocycles. The van der Waals surface area contributed by atoms with Crippen LogP contribution in [0.4, 0.5) is 0 Å². The van der Waals surface area contributed by atoms with Crippen LogP contribution in [0, 0.1) is 13.8 Å². The predicted molar refractivity (Wildman–Crippen MR) is 134 cm³/mol. The van der Waals surface area contributed by atoms with Crippen LogP contribution in [-0.2, 0) is 4.74 Å². The summed E-state index contributed by atoms with van der Waals surface area (Å²) in [6.07, 6.45) is 2.06. The van der Waals surface area contributed by atoms with Crippen molar-refractivity contribution in [1.29, 1.82) is 0 Å². The number of hydrogen-bond donors (Lipinski definition) is 0. The smallest absolute Gasteiger partial charge is 0.337 e. The van der Waals surface area contributed by atoms with Crippen LogP contribution in [0.15, 0.2) is 91.1 Å². The summed E-state index contributed by atoms with van der Waals surface area (Å²) >= 11 is 0. The van der Waals surface area contributed by atoms with E-state index < -0.39 is 0 Å². The van der Waals surface area contributed by atoms with Gasteiger partial charge in [0.15, 0.2) is 5.78 Å². The fourth-order valence-electron chi connectivity index (χ4n) is 4.23. The van der Waals surface area contributed by atoms with Gasteiger partial charge in [-0.2, -0.15) is 0 Å². The molecule has 0 spiro atoms. The van der Waals surface area contributed by atoms with Crippen LogP contribution < -0.4 is 0 Å². The molecule has 4 heteroatoms. The van der Waals surface area contributed by atoms with Crippen molar-refractivity contribution in [2.45, 2.75) is 26.2 Å². The van der Waals surface area contributed by atoms with Crippen LogP contribution in [-0.4, -0.2) is 23.8 Å². The quantitative estimate of drug-likeness (QED) is 0.237. The van der Waals surface area contributed by atoms with Crippen molar-refractivity contribution < 1.29 is 14.3 Å². The zero-order valence-electron chi connectivity index (χ0n) is 19.6. The van der Waals surface area contributed by atoms with Gasteiger partial charge in [0, 0.05) is 29.8 Å². The number of pyridine rings is 1. The molecule has 34 heavy (non-hydrogen) atoms. The third-order valence-electron chi connectivity index (χ3n) is 6.12. The molecule has 0 N–H and O–H groups in total. The van der Waals surface area contributed by atoms with E-state index in [4.69, 9.17) is 4.74 Å². The summed E-state index contributed by atoms with van der Waals surface area (Å²) in [6, 6.07) is 27.5. The fourth-order valence-corrected chi connectivity index (χ4v) is 4.23. The number of carbonyl (C=O) groups is 2. The number of carbonyl (C=O) groups excluding carboxylic acids is 2. The van der Waals surface area contributed by atoms with E-state index >= 15 is 0 Å². The lowest BCUT2D eigenvalue weighted by Gasteiger charge is -2.20. The van der Waals surface area contributed by atoms with Crippen LogP contribution in [0.2, 0.25) is 0 Å². The van der Waals surface area contributed by atoms with Gasteiger partial charge in [-0.1, -0.05) is 60.7 Å². The number of benzene rings is 3. The third-order valence-corrected chi connectivity index (χ3v) is 6.12. The summed E-state index contributed by atoms with van der Waals surface area (Å²) in [5, 5.41) is 0. The number of ketones is 1. The average Bonchev–Trinajstić information content (AvgIpc) is 2.87.